The first-order valence-corrected chi connectivity index (χ1v) is 5.71. The van der Waals surface area contributed by atoms with Crippen molar-refractivity contribution in [3.63, 3.8) is 0 Å². The van der Waals surface area contributed by atoms with Gasteiger partial charge in [-0.3, -0.25) is 4.90 Å². The van der Waals surface area contributed by atoms with Crippen LogP contribution in [0.2, 0.25) is 0 Å². The van der Waals surface area contributed by atoms with Gasteiger partial charge in [-0.1, -0.05) is 6.92 Å². The van der Waals surface area contributed by atoms with Gasteiger partial charge in [0.2, 0.25) is 0 Å². The van der Waals surface area contributed by atoms with Crippen LogP contribution in [0.4, 0.5) is 4.79 Å². The number of carbonyl (C=O) groups excluding carboxylic acids is 1. The average molecular weight is 246 g/mol. The normalized spacial score (nSPS) is 42.7. The van der Waals surface area contributed by atoms with E-state index in [4.69, 9.17) is 9.84 Å². The zero-order chi connectivity index (χ0) is 12.6. The van der Waals surface area contributed by atoms with Crippen molar-refractivity contribution >= 4 is 6.03 Å². The molecule has 2 rings (SSSR count). The van der Waals surface area contributed by atoms with Gasteiger partial charge in [0, 0.05) is 13.1 Å². The van der Waals surface area contributed by atoms with E-state index in [1.54, 1.807) is 0 Å². The summed E-state index contributed by atoms with van der Waals surface area (Å²) >= 11 is 0. The van der Waals surface area contributed by atoms with Gasteiger partial charge in [-0.25, -0.2) is 4.79 Å². The molecule has 0 aromatic heterocycles. The summed E-state index contributed by atoms with van der Waals surface area (Å²) in [6.45, 7) is 2.62. The van der Waals surface area contributed by atoms with Crippen molar-refractivity contribution in [2.24, 2.45) is 5.92 Å². The molecule has 2 saturated heterocycles. The standard InChI is InChI=1S/C10H18N2O5/c1-5-2-11-10(16)12(3-5)9-8(15)7(14)6(4-13)17-9/h5-9,13-15H,2-4H2,1H3,(H,11,16)/t5?,6-,7-,8-,9-/m1/s1. The number of aliphatic hydroxyl groups excluding tert-OH is 3. The Balaban J connectivity index is 2.09. The molecule has 98 valence electrons. The van der Waals surface area contributed by atoms with Gasteiger partial charge in [-0.2, -0.15) is 0 Å². The summed E-state index contributed by atoms with van der Waals surface area (Å²) in [7, 11) is 0. The smallest absolute Gasteiger partial charge is 0.319 e. The van der Waals surface area contributed by atoms with Gasteiger partial charge < -0.3 is 25.4 Å². The summed E-state index contributed by atoms with van der Waals surface area (Å²) in [6, 6.07) is -0.321. The van der Waals surface area contributed by atoms with Crippen molar-refractivity contribution in [1.29, 1.82) is 0 Å². The van der Waals surface area contributed by atoms with Gasteiger partial charge in [0.05, 0.1) is 6.61 Å². The highest BCUT2D eigenvalue weighted by atomic mass is 16.6. The molecule has 2 aliphatic rings. The van der Waals surface area contributed by atoms with Crippen LogP contribution in [0.3, 0.4) is 0 Å². The lowest BCUT2D eigenvalue weighted by Crippen LogP contribution is -2.57. The third-order valence-corrected chi connectivity index (χ3v) is 3.20. The molecule has 0 bridgehead atoms. The predicted octanol–water partition coefficient (Wildman–Crippen LogP) is -1.91. The minimum absolute atomic E-state index is 0.244. The molecule has 0 spiro atoms. The SMILES string of the molecule is CC1CNC(=O)N([C@@H]2O[C@H](CO)[C@@H](O)[C@H]2O)C1. The lowest BCUT2D eigenvalue weighted by Gasteiger charge is -2.36. The average Bonchev–Trinajstić information content (AvgIpc) is 2.59. The van der Waals surface area contributed by atoms with Crippen LogP contribution >= 0.6 is 0 Å². The molecule has 2 heterocycles. The van der Waals surface area contributed by atoms with Crippen LogP contribution in [-0.2, 0) is 4.74 Å². The zero-order valence-electron chi connectivity index (χ0n) is 9.61. The Morgan fingerprint density at radius 3 is 2.76 bits per heavy atom. The molecular formula is C10H18N2O5. The monoisotopic (exact) mass is 246 g/mol. The molecule has 2 aliphatic heterocycles. The second-order valence-electron chi connectivity index (χ2n) is 4.67. The van der Waals surface area contributed by atoms with E-state index in [1.807, 2.05) is 6.92 Å². The Kier molecular flexibility index (Phi) is 3.53. The highest BCUT2D eigenvalue weighted by molar-refractivity contribution is 5.75. The molecule has 17 heavy (non-hydrogen) atoms. The maximum Gasteiger partial charge on any atom is 0.319 e. The molecule has 0 saturated carbocycles. The first-order chi connectivity index (χ1) is 8.04. The molecule has 0 aliphatic carbocycles. The van der Waals surface area contributed by atoms with E-state index in [-0.39, 0.29) is 18.6 Å². The van der Waals surface area contributed by atoms with Crippen LogP contribution in [0, 0.1) is 5.92 Å². The van der Waals surface area contributed by atoms with Crippen molar-refractivity contribution < 1.29 is 24.9 Å². The van der Waals surface area contributed by atoms with Gasteiger partial charge in [-0.15, -0.1) is 0 Å². The second-order valence-corrected chi connectivity index (χ2v) is 4.67. The number of carbonyl (C=O) groups is 1. The van der Waals surface area contributed by atoms with Crippen molar-refractivity contribution in [2.75, 3.05) is 19.7 Å². The van der Waals surface area contributed by atoms with Crippen molar-refractivity contribution in [1.82, 2.24) is 10.2 Å². The maximum atomic E-state index is 11.7. The van der Waals surface area contributed by atoms with Crippen LogP contribution in [-0.4, -0.2) is 70.5 Å². The first-order valence-electron chi connectivity index (χ1n) is 5.71. The van der Waals surface area contributed by atoms with E-state index in [0.717, 1.165) is 0 Å². The van der Waals surface area contributed by atoms with Crippen LogP contribution in [0.1, 0.15) is 6.92 Å². The number of hydrogen-bond donors (Lipinski definition) is 4. The minimum atomic E-state index is -1.19. The number of nitrogens with zero attached hydrogens (tertiary/aromatic N) is 1. The summed E-state index contributed by atoms with van der Waals surface area (Å²) in [6.07, 6.45) is -4.11. The van der Waals surface area contributed by atoms with Gasteiger partial charge in [0.25, 0.3) is 0 Å². The quantitative estimate of drug-likeness (QED) is 0.455. The molecule has 0 aromatic rings. The summed E-state index contributed by atoms with van der Waals surface area (Å²) in [4.78, 5) is 13.0. The Labute approximate surface area is 99.0 Å². The molecule has 7 nitrogen and oxygen atoms in total. The highest BCUT2D eigenvalue weighted by Gasteiger charge is 2.47. The summed E-state index contributed by atoms with van der Waals surface area (Å²) in [5.41, 5.74) is 0. The molecule has 0 aromatic carbocycles. The van der Waals surface area contributed by atoms with Crippen molar-refractivity contribution in [2.45, 2.75) is 31.5 Å². The first kappa shape index (κ1) is 12.6. The molecule has 2 fully saturated rings. The molecule has 0 radical (unpaired) electrons. The summed E-state index contributed by atoms with van der Waals surface area (Å²) < 4.78 is 5.31. The maximum absolute atomic E-state index is 11.7. The van der Waals surface area contributed by atoms with E-state index in [9.17, 15) is 15.0 Å². The highest BCUT2D eigenvalue weighted by Crippen LogP contribution is 2.25. The van der Waals surface area contributed by atoms with Gasteiger partial charge in [0.1, 0.15) is 18.3 Å². The Hall–Kier alpha value is -0.890. The molecular weight excluding hydrogens is 228 g/mol. The predicted molar refractivity (Wildman–Crippen MR) is 57.0 cm³/mol. The van der Waals surface area contributed by atoms with Crippen LogP contribution in [0.15, 0.2) is 0 Å². The Morgan fingerprint density at radius 1 is 1.47 bits per heavy atom. The minimum Gasteiger partial charge on any atom is -0.394 e. The zero-order valence-corrected chi connectivity index (χ0v) is 9.61. The fourth-order valence-electron chi connectivity index (χ4n) is 2.20. The second kappa shape index (κ2) is 4.77. The van der Waals surface area contributed by atoms with E-state index in [1.165, 1.54) is 4.90 Å². The van der Waals surface area contributed by atoms with Gasteiger partial charge in [0.15, 0.2) is 6.23 Å². The molecule has 4 N–H and O–H groups in total. The van der Waals surface area contributed by atoms with Crippen LogP contribution in [0.5, 0.6) is 0 Å². The van der Waals surface area contributed by atoms with E-state index < -0.39 is 24.5 Å². The Morgan fingerprint density at radius 2 is 2.18 bits per heavy atom. The largest absolute Gasteiger partial charge is 0.394 e. The third-order valence-electron chi connectivity index (χ3n) is 3.20. The van der Waals surface area contributed by atoms with E-state index in [0.29, 0.717) is 13.1 Å². The topological polar surface area (TPSA) is 102 Å². The number of rotatable bonds is 2. The summed E-state index contributed by atoms with van der Waals surface area (Å²) in [5, 5.41) is 31.1. The van der Waals surface area contributed by atoms with Gasteiger partial charge in [-0.05, 0) is 5.92 Å². The lowest BCUT2D eigenvalue weighted by molar-refractivity contribution is -0.0857. The van der Waals surface area contributed by atoms with Crippen molar-refractivity contribution in [3.05, 3.63) is 0 Å². The van der Waals surface area contributed by atoms with E-state index >= 15 is 0 Å². The lowest BCUT2D eigenvalue weighted by atomic mass is 10.1. The van der Waals surface area contributed by atoms with Crippen LogP contribution in [0.25, 0.3) is 0 Å². The third kappa shape index (κ3) is 2.23. The number of hydrogen-bond acceptors (Lipinski definition) is 5. The number of ether oxygens (including phenoxy) is 1. The number of urea groups is 1. The summed E-state index contributed by atoms with van der Waals surface area (Å²) in [5.74, 6) is 0.244. The Bertz CT molecular complexity index is 300. The van der Waals surface area contributed by atoms with Gasteiger partial charge >= 0.3 is 6.03 Å². The fourth-order valence-corrected chi connectivity index (χ4v) is 2.20. The number of aliphatic hydroxyl groups is 3. The van der Waals surface area contributed by atoms with E-state index in [2.05, 4.69) is 5.32 Å². The molecule has 1 unspecified atom stereocenters. The number of amides is 2. The number of nitrogens with one attached hydrogen (secondary N) is 1. The fraction of sp³-hybridized carbons (Fsp3) is 0.900. The molecule has 5 atom stereocenters. The van der Waals surface area contributed by atoms with Crippen molar-refractivity contribution in [3.8, 4) is 0 Å². The molecule has 7 heteroatoms. The molecule has 2 amide bonds. The van der Waals surface area contributed by atoms with Crippen LogP contribution < -0.4 is 5.32 Å².